The lowest BCUT2D eigenvalue weighted by atomic mass is 9.76. The van der Waals surface area contributed by atoms with Crippen LogP contribution in [0.3, 0.4) is 0 Å². The molecule has 30 heavy (non-hydrogen) atoms. The normalized spacial score (nSPS) is 19.0. The van der Waals surface area contributed by atoms with Crippen molar-refractivity contribution in [3.8, 4) is 0 Å². The molecule has 156 valence electrons. The fourth-order valence-electron chi connectivity index (χ4n) is 4.41. The maximum absolute atomic E-state index is 13.3. The van der Waals surface area contributed by atoms with Crippen LogP contribution in [0.1, 0.15) is 40.7 Å². The highest BCUT2D eigenvalue weighted by Gasteiger charge is 2.36. The summed E-state index contributed by atoms with van der Waals surface area (Å²) in [6.07, 6.45) is 7.36. The molecule has 2 heterocycles. The standard InChI is InChI=1S/C25H29N3O2/c29-20-25(13-11-21-7-2-1-3-8-21)12-5-15-27(19-25)24(30)23-10-4-9-22(17-23)18-28-16-6-14-26-28/h1-4,6-10,14,16-17,29H,5,11-13,15,18-20H2. The minimum absolute atomic E-state index is 0.0505. The van der Waals surface area contributed by atoms with Crippen LogP contribution >= 0.6 is 0 Å². The Hall–Kier alpha value is -2.92. The number of aromatic nitrogens is 2. The van der Waals surface area contributed by atoms with Crippen molar-refractivity contribution in [2.75, 3.05) is 19.7 Å². The number of hydrogen-bond donors (Lipinski definition) is 1. The van der Waals surface area contributed by atoms with Crippen LogP contribution < -0.4 is 0 Å². The largest absolute Gasteiger partial charge is 0.396 e. The molecule has 1 aliphatic heterocycles. The summed E-state index contributed by atoms with van der Waals surface area (Å²) in [5, 5.41) is 14.5. The van der Waals surface area contributed by atoms with Crippen molar-refractivity contribution in [2.45, 2.75) is 32.2 Å². The molecule has 3 aromatic rings. The average Bonchev–Trinajstić information content (AvgIpc) is 3.31. The summed E-state index contributed by atoms with van der Waals surface area (Å²) in [6, 6.07) is 20.1. The van der Waals surface area contributed by atoms with E-state index in [-0.39, 0.29) is 17.9 Å². The lowest BCUT2D eigenvalue weighted by molar-refractivity contribution is 0.0228. The molecule has 5 heteroatoms. The van der Waals surface area contributed by atoms with Gasteiger partial charge in [-0.1, -0.05) is 42.5 Å². The molecule has 4 rings (SSSR count). The second-order valence-corrected chi connectivity index (χ2v) is 8.38. The molecule has 1 N–H and O–H groups in total. The quantitative estimate of drug-likeness (QED) is 0.653. The molecular weight excluding hydrogens is 374 g/mol. The Labute approximate surface area is 178 Å². The number of likely N-dealkylation sites (tertiary alicyclic amines) is 1. The fraction of sp³-hybridized carbons (Fsp3) is 0.360. The minimum atomic E-state index is -0.226. The van der Waals surface area contributed by atoms with Crippen LogP contribution in [-0.4, -0.2) is 45.4 Å². The van der Waals surface area contributed by atoms with Crippen LogP contribution in [0.15, 0.2) is 73.1 Å². The van der Waals surface area contributed by atoms with E-state index in [2.05, 4.69) is 17.2 Å². The fourth-order valence-corrected chi connectivity index (χ4v) is 4.41. The number of carbonyl (C=O) groups excluding carboxylic acids is 1. The molecule has 0 saturated carbocycles. The van der Waals surface area contributed by atoms with Gasteiger partial charge >= 0.3 is 0 Å². The van der Waals surface area contributed by atoms with Crippen LogP contribution in [0.5, 0.6) is 0 Å². The van der Waals surface area contributed by atoms with Crippen LogP contribution in [0, 0.1) is 5.41 Å². The van der Waals surface area contributed by atoms with Crippen molar-refractivity contribution < 1.29 is 9.90 Å². The number of carbonyl (C=O) groups is 1. The number of aryl methyl sites for hydroxylation is 1. The van der Waals surface area contributed by atoms with E-state index in [9.17, 15) is 9.90 Å². The zero-order valence-electron chi connectivity index (χ0n) is 17.3. The molecular formula is C25H29N3O2. The summed E-state index contributed by atoms with van der Waals surface area (Å²) in [4.78, 5) is 15.2. The number of rotatable bonds is 7. The molecule has 1 atom stereocenters. The van der Waals surface area contributed by atoms with Crippen molar-refractivity contribution in [1.29, 1.82) is 0 Å². The molecule has 1 unspecified atom stereocenters. The lowest BCUT2D eigenvalue weighted by Gasteiger charge is -2.42. The first-order chi connectivity index (χ1) is 14.7. The molecule has 0 radical (unpaired) electrons. The third kappa shape index (κ3) is 4.79. The molecule has 5 nitrogen and oxygen atoms in total. The first-order valence-electron chi connectivity index (χ1n) is 10.7. The van der Waals surface area contributed by atoms with Gasteiger partial charge < -0.3 is 10.0 Å². The number of amides is 1. The van der Waals surface area contributed by atoms with E-state index in [0.29, 0.717) is 18.7 Å². The van der Waals surface area contributed by atoms with Gasteiger partial charge in [0.25, 0.3) is 5.91 Å². The van der Waals surface area contributed by atoms with Crippen molar-refractivity contribution in [1.82, 2.24) is 14.7 Å². The number of piperidine rings is 1. The number of aliphatic hydroxyl groups excluding tert-OH is 1. The Morgan fingerprint density at radius 3 is 2.67 bits per heavy atom. The first kappa shape index (κ1) is 20.4. The van der Waals surface area contributed by atoms with Gasteiger partial charge in [-0.3, -0.25) is 9.48 Å². The van der Waals surface area contributed by atoms with E-state index in [1.807, 2.05) is 64.3 Å². The topological polar surface area (TPSA) is 58.4 Å². The van der Waals surface area contributed by atoms with Crippen molar-refractivity contribution >= 4 is 5.91 Å². The van der Waals surface area contributed by atoms with Gasteiger partial charge in [-0.15, -0.1) is 0 Å². The Bertz CT molecular complexity index is 956. The number of aliphatic hydroxyl groups is 1. The summed E-state index contributed by atoms with van der Waals surface area (Å²) in [5.74, 6) is 0.0505. The van der Waals surface area contributed by atoms with Gasteiger partial charge in [-0.25, -0.2) is 0 Å². The van der Waals surface area contributed by atoms with Gasteiger partial charge in [-0.05, 0) is 55.0 Å². The highest BCUT2D eigenvalue weighted by Crippen LogP contribution is 2.35. The Morgan fingerprint density at radius 2 is 1.90 bits per heavy atom. The molecule has 0 bridgehead atoms. The molecule has 1 aromatic heterocycles. The third-order valence-electron chi connectivity index (χ3n) is 6.15. The Morgan fingerprint density at radius 1 is 1.07 bits per heavy atom. The van der Waals surface area contributed by atoms with Gasteiger partial charge in [-0.2, -0.15) is 5.10 Å². The number of hydrogen-bond acceptors (Lipinski definition) is 3. The predicted molar refractivity (Wildman–Crippen MR) is 117 cm³/mol. The molecule has 1 fully saturated rings. The molecule has 2 aromatic carbocycles. The summed E-state index contributed by atoms with van der Waals surface area (Å²) in [7, 11) is 0. The number of nitrogens with zero attached hydrogens (tertiary/aromatic N) is 3. The lowest BCUT2D eigenvalue weighted by Crippen LogP contribution is -2.48. The van der Waals surface area contributed by atoms with Crippen LogP contribution in [0.4, 0.5) is 0 Å². The SMILES string of the molecule is O=C(c1cccc(Cn2cccn2)c1)N1CCCC(CO)(CCc2ccccc2)C1. The Kier molecular flexibility index (Phi) is 6.29. The second-order valence-electron chi connectivity index (χ2n) is 8.38. The van der Waals surface area contributed by atoms with Gasteiger partial charge in [0.1, 0.15) is 0 Å². The molecule has 1 aliphatic rings. The summed E-state index contributed by atoms with van der Waals surface area (Å²) >= 11 is 0. The van der Waals surface area contributed by atoms with E-state index in [1.54, 1.807) is 6.20 Å². The van der Waals surface area contributed by atoms with E-state index < -0.39 is 0 Å². The zero-order chi connectivity index (χ0) is 20.8. The monoisotopic (exact) mass is 403 g/mol. The Balaban J connectivity index is 1.44. The molecule has 0 aliphatic carbocycles. The van der Waals surface area contributed by atoms with Gasteiger partial charge in [0.05, 0.1) is 13.2 Å². The molecule has 1 saturated heterocycles. The zero-order valence-corrected chi connectivity index (χ0v) is 17.3. The van der Waals surface area contributed by atoms with Gasteiger partial charge in [0, 0.05) is 36.5 Å². The van der Waals surface area contributed by atoms with Crippen LogP contribution in [-0.2, 0) is 13.0 Å². The van der Waals surface area contributed by atoms with E-state index in [4.69, 9.17) is 0 Å². The predicted octanol–water partition coefficient (Wildman–Crippen LogP) is 3.78. The van der Waals surface area contributed by atoms with E-state index in [0.717, 1.165) is 37.8 Å². The maximum Gasteiger partial charge on any atom is 0.253 e. The second kappa shape index (κ2) is 9.26. The highest BCUT2D eigenvalue weighted by atomic mass is 16.3. The van der Waals surface area contributed by atoms with Crippen molar-refractivity contribution in [2.24, 2.45) is 5.41 Å². The maximum atomic E-state index is 13.3. The third-order valence-corrected chi connectivity index (χ3v) is 6.15. The van der Waals surface area contributed by atoms with Crippen molar-refractivity contribution in [3.63, 3.8) is 0 Å². The summed E-state index contributed by atoms with van der Waals surface area (Å²) in [5.41, 5.74) is 2.81. The highest BCUT2D eigenvalue weighted by molar-refractivity contribution is 5.94. The smallest absolute Gasteiger partial charge is 0.253 e. The average molecular weight is 404 g/mol. The minimum Gasteiger partial charge on any atom is -0.396 e. The first-order valence-corrected chi connectivity index (χ1v) is 10.7. The molecule has 0 spiro atoms. The van der Waals surface area contributed by atoms with Gasteiger partial charge in [0.15, 0.2) is 0 Å². The summed E-state index contributed by atoms with van der Waals surface area (Å²) in [6.45, 7) is 2.11. The van der Waals surface area contributed by atoms with Crippen LogP contribution in [0.2, 0.25) is 0 Å². The molecule has 1 amide bonds. The van der Waals surface area contributed by atoms with E-state index >= 15 is 0 Å². The number of benzene rings is 2. The van der Waals surface area contributed by atoms with Gasteiger partial charge in [0.2, 0.25) is 0 Å². The van der Waals surface area contributed by atoms with Crippen LogP contribution in [0.25, 0.3) is 0 Å². The van der Waals surface area contributed by atoms with Crippen molar-refractivity contribution in [3.05, 3.63) is 89.7 Å². The summed E-state index contributed by atoms with van der Waals surface area (Å²) < 4.78 is 1.85. The van der Waals surface area contributed by atoms with E-state index in [1.165, 1.54) is 5.56 Å².